The summed E-state index contributed by atoms with van der Waals surface area (Å²) >= 11 is 0. The van der Waals surface area contributed by atoms with Crippen molar-refractivity contribution in [2.75, 3.05) is 0 Å². The molecule has 0 fully saturated rings. The average molecular weight is 687 g/mol. The van der Waals surface area contributed by atoms with Gasteiger partial charge in [-0.25, -0.2) is 9.59 Å². The van der Waals surface area contributed by atoms with E-state index in [0.29, 0.717) is 34.5 Å². The van der Waals surface area contributed by atoms with Gasteiger partial charge in [-0.1, -0.05) is 84.9 Å². The molecule has 0 radical (unpaired) electrons. The monoisotopic (exact) mass is 686 g/mol. The second-order valence-electron chi connectivity index (χ2n) is 11.2. The first kappa shape index (κ1) is 33.2. The van der Waals surface area contributed by atoms with Crippen LogP contribution in [-0.4, -0.2) is 11.9 Å². The number of ether oxygens (including phenoxy) is 6. The van der Waals surface area contributed by atoms with Crippen molar-refractivity contribution < 1.29 is 38.0 Å². The van der Waals surface area contributed by atoms with Gasteiger partial charge in [0.1, 0.15) is 23.0 Å². The third kappa shape index (κ3) is 8.27. The van der Waals surface area contributed by atoms with Crippen molar-refractivity contribution in [1.82, 2.24) is 0 Å². The maximum Gasteiger partial charge on any atom is 0.343 e. The molecule has 52 heavy (non-hydrogen) atoms. The molecule has 0 saturated heterocycles. The van der Waals surface area contributed by atoms with E-state index in [0.717, 1.165) is 0 Å². The van der Waals surface area contributed by atoms with E-state index >= 15 is 0 Å². The van der Waals surface area contributed by atoms with E-state index in [1.54, 1.807) is 60.7 Å². The Morgan fingerprint density at radius 3 is 0.904 bits per heavy atom. The molecule has 0 bridgehead atoms. The summed E-state index contributed by atoms with van der Waals surface area (Å²) in [5.41, 5.74) is 0.394. The third-order valence-electron chi connectivity index (χ3n) is 7.52. The van der Waals surface area contributed by atoms with Crippen LogP contribution in [-0.2, 0) is 0 Å². The van der Waals surface area contributed by atoms with Crippen LogP contribution in [0.3, 0.4) is 0 Å². The van der Waals surface area contributed by atoms with E-state index < -0.39 is 11.9 Å². The summed E-state index contributed by atoms with van der Waals surface area (Å²) in [6.07, 6.45) is 0. The molecule has 0 unspecified atom stereocenters. The van der Waals surface area contributed by atoms with Gasteiger partial charge in [-0.15, -0.1) is 0 Å². The largest absolute Gasteiger partial charge is 0.453 e. The molecule has 0 aliphatic rings. The Hall–Kier alpha value is -7.32. The van der Waals surface area contributed by atoms with Gasteiger partial charge in [-0.3, -0.25) is 0 Å². The normalized spacial score (nSPS) is 10.5. The number of para-hydroxylation sites is 6. The fourth-order valence-electron chi connectivity index (χ4n) is 5.02. The van der Waals surface area contributed by atoms with Crippen molar-refractivity contribution in [1.29, 1.82) is 0 Å². The molecule has 0 amide bonds. The molecule has 0 spiro atoms. The summed E-state index contributed by atoms with van der Waals surface area (Å²) in [7, 11) is 0. The van der Waals surface area contributed by atoms with E-state index in [2.05, 4.69) is 0 Å². The molecule has 0 aromatic heterocycles. The molecule has 0 heterocycles. The summed E-state index contributed by atoms with van der Waals surface area (Å²) < 4.78 is 36.2. The lowest BCUT2D eigenvalue weighted by Gasteiger charge is -2.16. The number of rotatable bonds is 12. The molecule has 254 valence electrons. The number of hydrogen-bond acceptors (Lipinski definition) is 8. The van der Waals surface area contributed by atoms with Gasteiger partial charge in [-0.05, 0) is 97.1 Å². The zero-order valence-corrected chi connectivity index (χ0v) is 27.6. The fraction of sp³-hybridized carbons (Fsp3) is 0. The molecule has 7 aromatic carbocycles. The highest BCUT2D eigenvalue weighted by molar-refractivity contribution is 5.95. The third-order valence-corrected chi connectivity index (χ3v) is 7.52. The Kier molecular flexibility index (Phi) is 10.2. The lowest BCUT2D eigenvalue weighted by Crippen LogP contribution is -2.12. The maximum absolute atomic E-state index is 13.4. The summed E-state index contributed by atoms with van der Waals surface area (Å²) in [6.45, 7) is 0. The van der Waals surface area contributed by atoms with Gasteiger partial charge in [-0.2, -0.15) is 0 Å². The number of carbonyl (C=O) groups is 2. The molecule has 7 aromatic rings. The molecule has 0 N–H and O–H groups in total. The Balaban J connectivity index is 1.10. The van der Waals surface area contributed by atoms with Crippen molar-refractivity contribution in [2.45, 2.75) is 0 Å². The molecular formula is C44H30O8. The molecule has 0 aliphatic carbocycles. The van der Waals surface area contributed by atoms with Crippen molar-refractivity contribution in [3.05, 3.63) is 193 Å². The average Bonchev–Trinajstić information content (AvgIpc) is 3.19. The summed E-state index contributed by atoms with van der Waals surface area (Å²) in [5.74, 6) is 2.33. The van der Waals surface area contributed by atoms with Gasteiger partial charge in [0.25, 0.3) is 0 Å². The Morgan fingerprint density at radius 1 is 0.288 bits per heavy atom. The molecule has 0 saturated carbocycles. The summed E-state index contributed by atoms with van der Waals surface area (Å²) in [5, 5.41) is 0. The first-order valence-corrected chi connectivity index (χ1v) is 16.3. The highest BCUT2D eigenvalue weighted by Gasteiger charge is 2.21. The van der Waals surface area contributed by atoms with Crippen LogP contribution in [0.5, 0.6) is 57.5 Å². The Labute approximate surface area is 300 Å². The van der Waals surface area contributed by atoms with E-state index in [1.165, 1.54) is 24.3 Å². The zero-order chi connectivity index (χ0) is 35.5. The summed E-state index contributed by atoms with van der Waals surface area (Å²) in [4.78, 5) is 26.8. The molecule has 0 aliphatic heterocycles. The van der Waals surface area contributed by atoms with Gasteiger partial charge in [0, 0.05) is 0 Å². The SMILES string of the molecule is O=C(Oc1cccc(Oc2ccccc2)c1Oc1ccccc1)c1ccc(C(=O)Oc2cccc(Oc3ccccc3)c2Oc2ccccc2)cc1. The molecule has 7 rings (SSSR count). The van der Waals surface area contributed by atoms with Crippen LogP contribution in [0.1, 0.15) is 20.7 Å². The van der Waals surface area contributed by atoms with Crippen molar-refractivity contribution in [2.24, 2.45) is 0 Å². The zero-order valence-electron chi connectivity index (χ0n) is 27.6. The van der Waals surface area contributed by atoms with Crippen molar-refractivity contribution in [3.8, 4) is 57.5 Å². The van der Waals surface area contributed by atoms with Crippen molar-refractivity contribution >= 4 is 11.9 Å². The first-order chi connectivity index (χ1) is 25.6. The Morgan fingerprint density at radius 2 is 0.577 bits per heavy atom. The minimum atomic E-state index is -0.668. The van der Waals surface area contributed by atoms with Gasteiger partial charge < -0.3 is 28.4 Å². The minimum Gasteiger partial charge on any atom is -0.453 e. The van der Waals surface area contributed by atoms with E-state index in [4.69, 9.17) is 28.4 Å². The van der Waals surface area contributed by atoms with Gasteiger partial charge in [0.2, 0.25) is 11.5 Å². The van der Waals surface area contributed by atoms with E-state index in [-0.39, 0.29) is 34.1 Å². The second kappa shape index (κ2) is 15.9. The predicted octanol–water partition coefficient (Wildman–Crippen LogP) is 11.3. The van der Waals surface area contributed by atoms with Gasteiger partial charge in [0.15, 0.2) is 23.0 Å². The van der Waals surface area contributed by atoms with Crippen LogP contribution in [0.2, 0.25) is 0 Å². The molecule has 8 nitrogen and oxygen atoms in total. The van der Waals surface area contributed by atoms with Crippen LogP contribution in [0.4, 0.5) is 0 Å². The minimum absolute atomic E-state index is 0.148. The predicted molar refractivity (Wildman–Crippen MR) is 195 cm³/mol. The standard InChI is InChI=1S/C44H30O8/c45-43(51-39-25-13-23-37(47-33-15-5-1-6-16-33)41(39)49-35-19-9-3-10-20-35)31-27-29-32(30-28-31)44(46)52-40-26-14-24-38(48-34-17-7-2-8-18-34)42(40)50-36-21-11-4-12-22-36/h1-30H. The Bertz CT molecular complexity index is 2090. The smallest absolute Gasteiger partial charge is 0.343 e. The van der Waals surface area contributed by atoms with Crippen LogP contribution < -0.4 is 28.4 Å². The van der Waals surface area contributed by atoms with Crippen LogP contribution in [0.25, 0.3) is 0 Å². The lowest BCUT2D eigenvalue weighted by molar-refractivity contribution is 0.0716. The number of carbonyl (C=O) groups excluding carboxylic acids is 2. The first-order valence-electron chi connectivity index (χ1n) is 16.3. The number of benzene rings is 7. The lowest BCUT2D eigenvalue weighted by atomic mass is 10.1. The van der Waals surface area contributed by atoms with Crippen molar-refractivity contribution in [3.63, 3.8) is 0 Å². The van der Waals surface area contributed by atoms with Crippen LogP contribution in [0.15, 0.2) is 182 Å². The quantitative estimate of drug-likeness (QED) is 0.0927. The van der Waals surface area contributed by atoms with E-state index in [1.807, 2.05) is 97.1 Å². The molecule has 0 atom stereocenters. The van der Waals surface area contributed by atoms with Crippen LogP contribution >= 0.6 is 0 Å². The second-order valence-corrected chi connectivity index (χ2v) is 11.2. The molecule has 8 heteroatoms. The summed E-state index contributed by atoms with van der Waals surface area (Å²) in [6, 6.07) is 52.6. The fourth-order valence-corrected chi connectivity index (χ4v) is 5.02. The topological polar surface area (TPSA) is 89.5 Å². The highest BCUT2D eigenvalue weighted by atomic mass is 16.6. The van der Waals surface area contributed by atoms with Gasteiger partial charge >= 0.3 is 11.9 Å². The molecular weight excluding hydrogens is 656 g/mol. The van der Waals surface area contributed by atoms with E-state index in [9.17, 15) is 9.59 Å². The van der Waals surface area contributed by atoms with Crippen LogP contribution in [0, 0.1) is 0 Å². The highest BCUT2D eigenvalue weighted by Crippen LogP contribution is 2.44. The number of esters is 2. The maximum atomic E-state index is 13.4. The van der Waals surface area contributed by atoms with Gasteiger partial charge in [0.05, 0.1) is 11.1 Å². The number of hydrogen-bond donors (Lipinski definition) is 0.